The molecule has 0 fully saturated rings. The molecule has 0 atom stereocenters. The molecule has 0 saturated heterocycles. The number of aromatic nitrogens is 2. The van der Waals surface area contributed by atoms with Crippen LogP contribution in [-0.2, 0) is 11.8 Å². The molecule has 1 rings (SSSR count). The highest BCUT2D eigenvalue weighted by Crippen LogP contribution is 2.07. The Balaban J connectivity index is 2.91. The molecule has 1 aromatic heterocycles. The standard InChI is InChI=1S/C11H17N3O3/c1-4-5-14(7-10(15)16)11(17)9-6-8(2)12-13(9)3/h6H,4-5,7H2,1-3H3,(H,15,16). The van der Waals surface area contributed by atoms with Gasteiger partial charge in [-0.3, -0.25) is 14.3 Å². The molecule has 1 amide bonds. The maximum atomic E-state index is 12.1. The summed E-state index contributed by atoms with van der Waals surface area (Å²) in [5.74, 6) is -1.30. The van der Waals surface area contributed by atoms with E-state index in [0.29, 0.717) is 12.2 Å². The zero-order valence-corrected chi connectivity index (χ0v) is 10.3. The number of carbonyl (C=O) groups excluding carboxylic acids is 1. The Morgan fingerprint density at radius 2 is 2.18 bits per heavy atom. The number of carboxylic acid groups (broad SMARTS) is 1. The minimum Gasteiger partial charge on any atom is -0.480 e. The number of carboxylic acids is 1. The molecule has 0 saturated carbocycles. The van der Waals surface area contributed by atoms with Gasteiger partial charge >= 0.3 is 5.97 Å². The third kappa shape index (κ3) is 3.30. The number of hydrogen-bond acceptors (Lipinski definition) is 3. The summed E-state index contributed by atoms with van der Waals surface area (Å²) >= 11 is 0. The van der Waals surface area contributed by atoms with Crippen molar-refractivity contribution < 1.29 is 14.7 Å². The minimum atomic E-state index is -1.01. The number of hydrogen-bond donors (Lipinski definition) is 1. The Bertz CT molecular complexity index is 426. The van der Waals surface area contributed by atoms with Gasteiger partial charge in [-0.2, -0.15) is 5.10 Å². The molecule has 0 radical (unpaired) electrons. The minimum absolute atomic E-state index is 0.281. The van der Waals surface area contributed by atoms with Gasteiger partial charge in [0, 0.05) is 13.6 Å². The van der Waals surface area contributed by atoms with Crippen molar-refractivity contribution in [3.05, 3.63) is 17.5 Å². The van der Waals surface area contributed by atoms with Crippen LogP contribution in [0.2, 0.25) is 0 Å². The Labute approximate surface area is 99.8 Å². The summed E-state index contributed by atoms with van der Waals surface area (Å²) < 4.78 is 1.47. The summed E-state index contributed by atoms with van der Waals surface area (Å²) in [7, 11) is 1.67. The highest BCUT2D eigenvalue weighted by Gasteiger charge is 2.20. The monoisotopic (exact) mass is 239 g/mol. The molecule has 0 aliphatic rings. The summed E-state index contributed by atoms with van der Waals surface area (Å²) in [6, 6.07) is 1.66. The van der Waals surface area contributed by atoms with Gasteiger partial charge < -0.3 is 10.0 Å². The molecule has 0 bridgehead atoms. The largest absolute Gasteiger partial charge is 0.480 e. The van der Waals surface area contributed by atoms with Crippen LogP contribution in [0.4, 0.5) is 0 Å². The van der Waals surface area contributed by atoms with E-state index in [1.165, 1.54) is 9.58 Å². The van der Waals surface area contributed by atoms with Gasteiger partial charge in [0.05, 0.1) is 5.69 Å². The van der Waals surface area contributed by atoms with Crippen molar-refractivity contribution >= 4 is 11.9 Å². The summed E-state index contributed by atoms with van der Waals surface area (Å²) in [5, 5.41) is 12.8. The van der Waals surface area contributed by atoms with Crippen molar-refractivity contribution in [2.45, 2.75) is 20.3 Å². The lowest BCUT2D eigenvalue weighted by molar-refractivity contribution is -0.137. The van der Waals surface area contributed by atoms with Crippen LogP contribution in [0.5, 0.6) is 0 Å². The second-order valence-electron chi connectivity index (χ2n) is 3.92. The van der Waals surface area contributed by atoms with E-state index in [1.54, 1.807) is 20.0 Å². The second-order valence-corrected chi connectivity index (χ2v) is 3.92. The van der Waals surface area contributed by atoms with Gasteiger partial charge in [0.1, 0.15) is 12.2 Å². The van der Waals surface area contributed by atoms with Crippen molar-refractivity contribution in [1.29, 1.82) is 0 Å². The zero-order valence-electron chi connectivity index (χ0n) is 10.3. The molecule has 0 aromatic carbocycles. The maximum absolute atomic E-state index is 12.1. The van der Waals surface area contributed by atoms with Crippen LogP contribution in [0.15, 0.2) is 6.07 Å². The van der Waals surface area contributed by atoms with E-state index in [2.05, 4.69) is 5.10 Å². The highest BCUT2D eigenvalue weighted by atomic mass is 16.4. The Kier molecular flexibility index (Phi) is 4.25. The number of carbonyl (C=O) groups is 2. The normalized spacial score (nSPS) is 10.3. The number of nitrogens with zero attached hydrogens (tertiary/aromatic N) is 3. The van der Waals surface area contributed by atoms with E-state index < -0.39 is 5.97 Å². The maximum Gasteiger partial charge on any atom is 0.323 e. The average molecular weight is 239 g/mol. The first-order chi connectivity index (χ1) is 7.95. The summed E-state index contributed by atoms with van der Waals surface area (Å²) in [6.45, 7) is 3.83. The molecule has 6 nitrogen and oxygen atoms in total. The zero-order chi connectivity index (χ0) is 13.0. The molecule has 17 heavy (non-hydrogen) atoms. The van der Waals surface area contributed by atoms with Crippen molar-refractivity contribution in [3.8, 4) is 0 Å². The van der Waals surface area contributed by atoms with Crippen molar-refractivity contribution in [1.82, 2.24) is 14.7 Å². The first-order valence-corrected chi connectivity index (χ1v) is 5.47. The molecule has 1 N–H and O–H groups in total. The van der Waals surface area contributed by atoms with Gasteiger partial charge in [0.25, 0.3) is 5.91 Å². The van der Waals surface area contributed by atoms with Crippen LogP contribution < -0.4 is 0 Å². The molecule has 6 heteroatoms. The molecule has 94 valence electrons. The lowest BCUT2D eigenvalue weighted by atomic mass is 10.3. The summed E-state index contributed by atoms with van der Waals surface area (Å²) in [6.07, 6.45) is 0.718. The molecule has 1 heterocycles. The van der Waals surface area contributed by atoms with Crippen molar-refractivity contribution in [2.24, 2.45) is 7.05 Å². The van der Waals surface area contributed by atoms with Crippen molar-refractivity contribution in [2.75, 3.05) is 13.1 Å². The van der Waals surface area contributed by atoms with Crippen LogP contribution >= 0.6 is 0 Å². The van der Waals surface area contributed by atoms with Gasteiger partial charge in [-0.1, -0.05) is 6.92 Å². The Hall–Kier alpha value is -1.85. The summed E-state index contributed by atoms with van der Waals surface area (Å²) in [4.78, 5) is 24.1. The molecule has 0 spiro atoms. The van der Waals surface area contributed by atoms with Gasteiger partial charge in [0.15, 0.2) is 0 Å². The van der Waals surface area contributed by atoms with Gasteiger partial charge in [-0.05, 0) is 19.4 Å². The fourth-order valence-corrected chi connectivity index (χ4v) is 1.66. The lowest BCUT2D eigenvalue weighted by Crippen LogP contribution is -2.37. The second kappa shape index (κ2) is 5.47. The lowest BCUT2D eigenvalue weighted by Gasteiger charge is -2.19. The first kappa shape index (κ1) is 13.2. The third-order valence-electron chi connectivity index (χ3n) is 2.33. The van der Waals surface area contributed by atoms with Gasteiger partial charge in [-0.15, -0.1) is 0 Å². The SMILES string of the molecule is CCCN(CC(=O)O)C(=O)c1cc(C)nn1C. The molecular weight excluding hydrogens is 222 g/mol. The predicted octanol–water partition coefficient (Wildman–Crippen LogP) is 0.665. The van der Waals surface area contributed by atoms with Gasteiger partial charge in [0.2, 0.25) is 0 Å². The van der Waals surface area contributed by atoms with Crippen LogP contribution in [0.1, 0.15) is 29.5 Å². The van der Waals surface area contributed by atoms with E-state index >= 15 is 0 Å². The van der Waals surface area contributed by atoms with Crippen LogP contribution in [0.3, 0.4) is 0 Å². The quantitative estimate of drug-likeness (QED) is 0.819. The fraction of sp³-hybridized carbons (Fsp3) is 0.545. The fourth-order valence-electron chi connectivity index (χ4n) is 1.66. The van der Waals surface area contributed by atoms with Crippen LogP contribution in [0.25, 0.3) is 0 Å². The Morgan fingerprint density at radius 1 is 1.53 bits per heavy atom. The molecule has 0 aliphatic carbocycles. The number of aliphatic carboxylic acids is 1. The average Bonchev–Trinajstić information content (AvgIpc) is 2.55. The topological polar surface area (TPSA) is 75.4 Å². The predicted molar refractivity (Wildman–Crippen MR) is 61.8 cm³/mol. The van der Waals surface area contributed by atoms with Crippen LogP contribution in [0, 0.1) is 6.92 Å². The molecule has 0 unspecified atom stereocenters. The first-order valence-electron chi connectivity index (χ1n) is 5.47. The van der Waals surface area contributed by atoms with E-state index in [0.717, 1.165) is 12.1 Å². The smallest absolute Gasteiger partial charge is 0.323 e. The number of aryl methyl sites for hydroxylation is 2. The number of rotatable bonds is 5. The number of amides is 1. The van der Waals surface area contributed by atoms with E-state index in [1.807, 2.05) is 6.92 Å². The van der Waals surface area contributed by atoms with E-state index in [9.17, 15) is 9.59 Å². The molecular formula is C11H17N3O3. The molecule has 1 aromatic rings. The molecule has 0 aliphatic heterocycles. The summed E-state index contributed by atoms with van der Waals surface area (Å²) in [5.41, 5.74) is 1.15. The van der Waals surface area contributed by atoms with Crippen molar-refractivity contribution in [3.63, 3.8) is 0 Å². The Morgan fingerprint density at radius 3 is 2.59 bits per heavy atom. The third-order valence-corrected chi connectivity index (χ3v) is 2.33. The van der Waals surface area contributed by atoms with Crippen LogP contribution in [-0.4, -0.2) is 44.8 Å². The van der Waals surface area contributed by atoms with E-state index in [4.69, 9.17) is 5.11 Å². The van der Waals surface area contributed by atoms with E-state index in [-0.39, 0.29) is 12.5 Å². The highest BCUT2D eigenvalue weighted by molar-refractivity contribution is 5.94. The van der Waals surface area contributed by atoms with Gasteiger partial charge in [-0.25, -0.2) is 0 Å².